The number of halogens is 6. The van der Waals surface area contributed by atoms with Crippen molar-refractivity contribution < 1.29 is 50.9 Å². The van der Waals surface area contributed by atoms with Gasteiger partial charge in [0.2, 0.25) is 5.91 Å². The molecule has 0 spiro atoms. The number of hydrogen-bond acceptors (Lipinski definition) is 6. The first-order valence-electron chi connectivity index (χ1n) is 11.1. The molecule has 0 saturated carbocycles. The second-order valence-electron chi connectivity index (χ2n) is 8.40. The van der Waals surface area contributed by atoms with Crippen LogP contribution in [-0.2, 0) is 27.5 Å². The lowest BCUT2D eigenvalue weighted by Gasteiger charge is -2.33. The summed E-state index contributed by atoms with van der Waals surface area (Å²) in [7, 11) is 0. The van der Waals surface area contributed by atoms with Gasteiger partial charge in [0.25, 0.3) is 0 Å². The van der Waals surface area contributed by atoms with Gasteiger partial charge in [0.15, 0.2) is 0 Å². The molecule has 2 N–H and O–H groups in total. The Morgan fingerprint density at radius 2 is 1.55 bits per heavy atom. The van der Waals surface area contributed by atoms with Gasteiger partial charge in [-0.15, -0.1) is 0 Å². The van der Waals surface area contributed by atoms with Gasteiger partial charge >= 0.3 is 24.3 Å². The van der Waals surface area contributed by atoms with Crippen molar-refractivity contribution >= 4 is 17.8 Å². The summed E-state index contributed by atoms with van der Waals surface area (Å²) < 4.78 is 63.5. The van der Waals surface area contributed by atoms with E-state index in [2.05, 4.69) is 20.9 Å². The van der Waals surface area contributed by atoms with E-state index in [4.69, 9.17) is 19.8 Å². The second-order valence-corrected chi connectivity index (χ2v) is 8.40. The number of piperidine rings is 1. The molecule has 0 aliphatic carbocycles. The van der Waals surface area contributed by atoms with Crippen LogP contribution >= 0.6 is 0 Å². The van der Waals surface area contributed by atoms with Crippen molar-refractivity contribution in [2.75, 3.05) is 19.6 Å². The Morgan fingerprint density at radius 1 is 0.921 bits per heavy atom. The second kappa shape index (κ2) is 13.2. The predicted octanol–water partition coefficient (Wildman–Crippen LogP) is 3.22. The Hall–Kier alpha value is -3.75. The van der Waals surface area contributed by atoms with Crippen molar-refractivity contribution in [3.8, 4) is 0 Å². The van der Waals surface area contributed by atoms with Gasteiger partial charge in [-0.1, -0.05) is 12.1 Å². The maximum Gasteiger partial charge on any atom is 0.490 e. The molecule has 1 amide bonds. The monoisotopic (exact) mass is 550 g/mol. The summed E-state index contributed by atoms with van der Waals surface area (Å²) in [4.78, 5) is 43.6. The van der Waals surface area contributed by atoms with Crippen molar-refractivity contribution in [2.24, 2.45) is 11.8 Å². The maximum atomic E-state index is 12.9. The van der Waals surface area contributed by atoms with Crippen LogP contribution in [0.25, 0.3) is 0 Å². The largest absolute Gasteiger partial charge is 0.490 e. The smallest absolute Gasteiger partial charge is 0.475 e. The highest BCUT2D eigenvalue weighted by molar-refractivity contribution is 5.80. The molecule has 2 aliphatic rings. The normalized spacial score (nSPS) is 19.4. The van der Waals surface area contributed by atoms with Gasteiger partial charge < -0.3 is 15.1 Å². The molecule has 2 atom stereocenters. The molecule has 0 bridgehead atoms. The quantitative estimate of drug-likeness (QED) is 0.557. The van der Waals surface area contributed by atoms with Crippen LogP contribution in [0, 0.1) is 11.8 Å². The summed E-state index contributed by atoms with van der Waals surface area (Å²) >= 11 is 0. The number of fused-ring (bicyclic) bond motifs is 1. The molecule has 2 fully saturated rings. The first kappa shape index (κ1) is 30.5. The average Bonchev–Trinajstić information content (AvgIpc) is 3.25. The van der Waals surface area contributed by atoms with Gasteiger partial charge in [-0.3, -0.25) is 19.7 Å². The van der Waals surface area contributed by atoms with E-state index in [0.717, 1.165) is 43.9 Å². The molecular weight excluding hydrogens is 526 g/mol. The van der Waals surface area contributed by atoms with Crippen LogP contribution in [-0.4, -0.2) is 79.8 Å². The number of carboxylic acid groups (broad SMARTS) is 2. The third-order valence-electron chi connectivity index (χ3n) is 5.61. The van der Waals surface area contributed by atoms with Crippen molar-refractivity contribution in [1.29, 1.82) is 0 Å². The number of amides is 1. The summed E-state index contributed by atoms with van der Waals surface area (Å²) in [5.74, 6) is -4.58. The van der Waals surface area contributed by atoms with E-state index in [9.17, 15) is 31.1 Å². The summed E-state index contributed by atoms with van der Waals surface area (Å²) in [6, 6.07) is 9.98. The number of rotatable bonds is 4. The minimum absolute atomic E-state index is 0.138. The number of carbonyl (C=O) groups is 3. The maximum absolute atomic E-state index is 12.9. The van der Waals surface area contributed by atoms with Gasteiger partial charge in [0, 0.05) is 51.3 Å². The minimum atomic E-state index is -5.08. The zero-order valence-electron chi connectivity index (χ0n) is 19.7. The lowest BCUT2D eigenvalue weighted by Crippen LogP contribution is -2.44. The standard InChI is InChI=1S/C19H22N4O.2C2HF3O2/c24-19-18-14-22(13-17-5-1-2-8-21-17)12-16(18)6-9-23(19)11-15-4-3-7-20-10-15;2*3-2(4,5)1(6)7/h1-5,7-8,10,16,18H,6,9,11-14H2;2*(H,6,7). The zero-order valence-corrected chi connectivity index (χ0v) is 19.7. The van der Waals surface area contributed by atoms with Crippen LogP contribution in [0.5, 0.6) is 0 Å². The van der Waals surface area contributed by atoms with E-state index in [1.165, 1.54) is 0 Å². The fraction of sp³-hybridized carbons (Fsp3) is 0.435. The number of pyridine rings is 2. The summed E-state index contributed by atoms with van der Waals surface area (Å²) in [5, 5.41) is 14.2. The molecule has 9 nitrogen and oxygen atoms in total. The molecule has 208 valence electrons. The van der Waals surface area contributed by atoms with E-state index in [0.29, 0.717) is 18.4 Å². The van der Waals surface area contributed by atoms with Crippen LogP contribution in [0.2, 0.25) is 0 Å². The first-order chi connectivity index (χ1) is 17.7. The van der Waals surface area contributed by atoms with Crippen LogP contribution in [0.15, 0.2) is 48.9 Å². The lowest BCUT2D eigenvalue weighted by molar-refractivity contribution is -0.193. The van der Waals surface area contributed by atoms with E-state index in [1.807, 2.05) is 41.6 Å². The molecule has 15 heteroatoms. The fourth-order valence-corrected chi connectivity index (χ4v) is 3.92. The lowest BCUT2D eigenvalue weighted by atomic mass is 9.88. The third-order valence-corrected chi connectivity index (χ3v) is 5.61. The zero-order chi connectivity index (χ0) is 28.5. The van der Waals surface area contributed by atoms with E-state index in [1.54, 1.807) is 6.20 Å². The molecule has 0 radical (unpaired) electrons. The van der Waals surface area contributed by atoms with Crippen LogP contribution < -0.4 is 0 Å². The topological polar surface area (TPSA) is 124 Å². The van der Waals surface area contributed by atoms with Gasteiger partial charge in [-0.05, 0) is 36.1 Å². The highest BCUT2D eigenvalue weighted by Gasteiger charge is 2.42. The van der Waals surface area contributed by atoms with Gasteiger partial charge in [0.05, 0.1) is 11.6 Å². The Bertz CT molecular complexity index is 1050. The van der Waals surface area contributed by atoms with Crippen LogP contribution in [0.1, 0.15) is 17.7 Å². The molecule has 2 saturated heterocycles. The number of aromatic nitrogens is 2. The Kier molecular flexibility index (Phi) is 10.6. The molecule has 2 unspecified atom stereocenters. The Balaban J connectivity index is 0.000000301. The molecule has 38 heavy (non-hydrogen) atoms. The van der Waals surface area contributed by atoms with Crippen molar-refractivity contribution in [2.45, 2.75) is 31.9 Å². The van der Waals surface area contributed by atoms with Crippen molar-refractivity contribution in [3.05, 3.63) is 60.2 Å². The Morgan fingerprint density at radius 3 is 2.05 bits per heavy atom. The first-order valence-corrected chi connectivity index (χ1v) is 11.1. The van der Waals surface area contributed by atoms with Crippen LogP contribution in [0.4, 0.5) is 26.3 Å². The van der Waals surface area contributed by atoms with Gasteiger partial charge in [0.1, 0.15) is 0 Å². The molecule has 2 aromatic heterocycles. The Labute approximate surface area is 212 Å². The van der Waals surface area contributed by atoms with E-state index in [-0.39, 0.29) is 5.92 Å². The molecule has 2 aliphatic heterocycles. The minimum Gasteiger partial charge on any atom is -0.475 e. The van der Waals surface area contributed by atoms with E-state index < -0.39 is 24.3 Å². The highest BCUT2D eigenvalue weighted by atomic mass is 19.4. The fourth-order valence-electron chi connectivity index (χ4n) is 3.92. The van der Waals surface area contributed by atoms with Crippen molar-refractivity contribution in [1.82, 2.24) is 19.8 Å². The number of nitrogens with zero attached hydrogens (tertiary/aromatic N) is 4. The van der Waals surface area contributed by atoms with Crippen LogP contribution in [0.3, 0.4) is 0 Å². The molecule has 0 aromatic carbocycles. The molecule has 4 rings (SSSR count). The number of carbonyl (C=O) groups excluding carboxylic acids is 1. The molecule has 4 heterocycles. The number of alkyl halides is 6. The number of carboxylic acids is 2. The van der Waals surface area contributed by atoms with Crippen molar-refractivity contribution in [3.63, 3.8) is 0 Å². The predicted molar refractivity (Wildman–Crippen MR) is 118 cm³/mol. The third kappa shape index (κ3) is 9.61. The molecule has 2 aromatic rings. The summed E-state index contributed by atoms with van der Waals surface area (Å²) in [6.45, 7) is 4.23. The number of likely N-dealkylation sites (tertiary alicyclic amines) is 2. The SMILES string of the molecule is O=C(O)C(F)(F)F.O=C(O)C(F)(F)F.O=C1C2CN(Cc3ccccn3)CC2CCN1Cc1cccnc1. The van der Waals surface area contributed by atoms with E-state index >= 15 is 0 Å². The summed E-state index contributed by atoms with van der Waals surface area (Å²) in [6.07, 6.45) is -3.62. The average molecular weight is 550 g/mol. The number of aliphatic carboxylic acids is 2. The number of hydrogen-bond donors (Lipinski definition) is 2. The summed E-state index contributed by atoms with van der Waals surface area (Å²) in [5.41, 5.74) is 2.18. The van der Waals surface area contributed by atoms with Gasteiger partial charge in [-0.2, -0.15) is 26.3 Å². The highest BCUT2D eigenvalue weighted by Crippen LogP contribution is 2.33. The van der Waals surface area contributed by atoms with Gasteiger partial charge in [-0.25, -0.2) is 9.59 Å². The molecular formula is C23H24F6N4O5.